The molecule has 0 radical (unpaired) electrons. The number of esters is 1. The lowest BCUT2D eigenvalue weighted by molar-refractivity contribution is -0.137. The first-order valence-electron chi connectivity index (χ1n) is 10.4. The Morgan fingerprint density at radius 2 is 1.85 bits per heavy atom. The maximum Gasteiger partial charge on any atom is 0.316 e. The van der Waals surface area contributed by atoms with Gasteiger partial charge in [0.05, 0.1) is 42.1 Å². The highest BCUT2D eigenvalue weighted by atomic mass is 32.2. The first-order valence-corrected chi connectivity index (χ1v) is 11.4. The van der Waals surface area contributed by atoms with Gasteiger partial charge in [-0.3, -0.25) is 9.59 Å². The van der Waals surface area contributed by atoms with E-state index in [0.717, 1.165) is 5.56 Å². The predicted molar refractivity (Wildman–Crippen MR) is 128 cm³/mol. The number of rotatable bonds is 8. The molecular weight excluding hydrogens is 438 g/mol. The summed E-state index contributed by atoms with van der Waals surface area (Å²) >= 11 is 1.17. The third-order valence-electron chi connectivity index (χ3n) is 5.01. The summed E-state index contributed by atoms with van der Waals surface area (Å²) < 4.78 is 10.3. The number of dihydropyridines is 1. The second kappa shape index (κ2) is 11.2. The molecule has 2 aromatic carbocycles. The minimum Gasteiger partial charge on any atom is -0.494 e. The number of carbonyl (C=O) groups excluding carboxylic acids is 2. The first kappa shape index (κ1) is 24.0. The minimum absolute atomic E-state index is 0.0405. The van der Waals surface area contributed by atoms with E-state index in [1.165, 1.54) is 18.9 Å². The summed E-state index contributed by atoms with van der Waals surface area (Å²) in [6.07, 6.45) is 0. The van der Waals surface area contributed by atoms with Crippen LogP contribution in [0.15, 0.2) is 76.5 Å². The van der Waals surface area contributed by atoms with E-state index >= 15 is 0 Å². The van der Waals surface area contributed by atoms with Crippen molar-refractivity contribution in [3.05, 3.63) is 82.0 Å². The molecule has 1 aliphatic rings. The first-order chi connectivity index (χ1) is 16.0. The molecule has 3 rings (SSSR count). The van der Waals surface area contributed by atoms with E-state index in [2.05, 4.69) is 16.7 Å². The lowest BCUT2D eigenvalue weighted by Crippen LogP contribution is -2.31. The van der Waals surface area contributed by atoms with Crippen molar-refractivity contribution in [3.63, 3.8) is 0 Å². The second-order valence-electron chi connectivity index (χ2n) is 7.14. The third-order valence-corrected chi connectivity index (χ3v) is 6.00. The highest BCUT2D eigenvalue weighted by Crippen LogP contribution is 2.41. The molecule has 0 saturated heterocycles. The largest absolute Gasteiger partial charge is 0.494 e. The van der Waals surface area contributed by atoms with Crippen molar-refractivity contribution in [2.45, 2.75) is 19.8 Å². The van der Waals surface area contributed by atoms with Crippen LogP contribution < -0.4 is 15.4 Å². The maximum atomic E-state index is 13.4. The van der Waals surface area contributed by atoms with Gasteiger partial charge < -0.3 is 20.1 Å². The molecule has 0 unspecified atom stereocenters. The zero-order valence-electron chi connectivity index (χ0n) is 18.7. The predicted octanol–water partition coefficient (Wildman–Crippen LogP) is 4.33. The smallest absolute Gasteiger partial charge is 0.316 e. The fourth-order valence-electron chi connectivity index (χ4n) is 3.49. The molecule has 170 valence electrons. The van der Waals surface area contributed by atoms with Crippen molar-refractivity contribution in [2.75, 3.05) is 24.8 Å². The Kier molecular flexibility index (Phi) is 8.17. The van der Waals surface area contributed by atoms with Crippen LogP contribution in [0.25, 0.3) is 0 Å². The van der Waals surface area contributed by atoms with Gasteiger partial charge in [-0.2, -0.15) is 5.26 Å². The molecule has 1 amide bonds. The van der Waals surface area contributed by atoms with E-state index < -0.39 is 11.9 Å². The van der Waals surface area contributed by atoms with Gasteiger partial charge in [0, 0.05) is 17.0 Å². The molecule has 0 saturated carbocycles. The van der Waals surface area contributed by atoms with Crippen LogP contribution in [0.2, 0.25) is 0 Å². The van der Waals surface area contributed by atoms with Crippen LogP contribution >= 0.6 is 11.8 Å². The molecule has 1 aliphatic heterocycles. The van der Waals surface area contributed by atoms with Crippen LogP contribution in [0.4, 0.5) is 5.69 Å². The van der Waals surface area contributed by atoms with Crippen LogP contribution in [-0.2, 0) is 14.3 Å². The zero-order valence-corrected chi connectivity index (χ0v) is 19.5. The molecule has 0 fully saturated rings. The van der Waals surface area contributed by atoms with Crippen molar-refractivity contribution < 1.29 is 19.1 Å². The van der Waals surface area contributed by atoms with Gasteiger partial charge in [-0.25, -0.2) is 0 Å². The number of nitrogens with zero attached hydrogens (tertiary/aromatic N) is 1. The quantitative estimate of drug-likeness (QED) is 0.562. The summed E-state index contributed by atoms with van der Waals surface area (Å²) in [7, 11) is 1.32. The lowest BCUT2D eigenvalue weighted by Gasteiger charge is -2.30. The number of hydrogen-bond donors (Lipinski definition) is 2. The molecule has 0 spiro atoms. The number of amides is 1. The Morgan fingerprint density at radius 3 is 2.45 bits per heavy atom. The molecular formula is C25H25N3O4S. The molecule has 1 atom stereocenters. The summed E-state index contributed by atoms with van der Waals surface area (Å²) in [6.45, 7) is 4.22. The van der Waals surface area contributed by atoms with Crippen molar-refractivity contribution >= 4 is 29.3 Å². The van der Waals surface area contributed by atoms with E-state index in [9.17, 15) is 14.9 Å². The Hall–Kier alpha value is -3.70. The van der Waals surface area contributed by atoms with Crippen LogP contribution in [-0.4, -0.2) is 31.3 Å². The number of methoxy groups -OCH3 is 1. The van der Waals surface area contributed by atoms with Crippen LogP contribution in [0, 0.1) is 11.3 Å². The summed E-state index contributed by atoms with van der Waals surface area (Å²) in [5.74, 6) is -0.586. The van der Waals surface area contributed by atoms with Gasteiger partial charge in [-0.1, -0.05) is 42.1 Å². The van der Waals surface area contributed by atoms with Crippen molar-refractivity contribution in [1.82, 2.24) is 5.32 Å². The van der Waals surface area contributed by atoms with Gasteiger partial charge in [0.1, 0.15) is 5.75 Å². The van der Waals surface area contributed by atoms with Gasteiger partial charge in [0.25, 0.3) is 5.91 Å². The van der Waals surface area contributed by atoms with Crippen molar-refractivity contribution in [1.29, 1.82) is 5.26 Å². The number of thioether (sulfide) groups is 1. The number of para-hydroxylation sites is 1. The van der Waals surface area contributed by atoms with Gasteiger partial charge in [-0.15, -0.1) is 0 Å². The SMILES string of the molecule is CCOc1ccc([C@H]2C(C#N)=C(SCC(=O)OC)NC(C)=C2C(=O)Nc2ccccc2)cc1. The molecule has 8 heteroatoms. The summed E-state index contributed by atoms with van der Waals surface area (Å²) in [6, 6.07) is 18.7. The molecule has 0 aromatic heterocycles. The molecule has 0 bridgehead atoms. The Bertz CT molecular complexity index is 1120. The molecule has 2 aromatic rings. The van der Waals surface area contributed by atoms with Crippen molar-refractivity contribution in [2.24, 2.45) is 0 Å². The van der Waals surface area contributed by atoms with Crippen LogP contribution in [0.5, 0.6) is 5.75 Å². The minimum atomic E-state index is -0.615. The number of hydrogen-bond acceptors (Lipinski definition) is 7. The Labute approximate surface area is 197 Å². The fourth-order valence-corrected chi connectivity index (χ4v) is 4.42. The van der Waals surface area contributed by atoms with E-state index in [0.29, 0.717) is 39.9 Å². The Morgan fingerprint density at radius 1 is 1.15 bits per heavy atom. The normalized spacial score (nSPS) is 15.4. The average molecular weight is 464 g/mol. The third kappa shape index (κ3) is 5.76. The van der Waals surface area contributed by atoms with Gasteiger partial charge in [-0.05, 0) is 43.7 Å². The van der Waals surface area contributed by atoms with E-state index in [1.54, 1.807) is 19.1 Å². The monoisotopic (exact) mass is 463 g/mol. The number of nitriles is 1. The van der Waals surface area contributed by atoms with Crippen molar-refractivity contribution in [3.8, 4) is 11.8 Å². The Balaban J connectivity index is 2.03. The highest BCUT2D eigenvalue weighted by Gasteiger charge is 2.35. The van der Waals surface area contributed by atoms with Gasteiger partial charge in [0.2, 0.25) is 0 Å². The summed E-state index contributed by atoms with van der Waals surface area (Å²) in [5, 5.41) is 16.7. The van der Waals surface area contributed by atoms with E-state index in [1.807, 2.05) is 49.4 Å². The number of ether oxygens (including phenoxy) is 2. The highest BCUT2D eigenvalue weighted by molar-refractivity contribution is 8.03. The number of benzene rings is 2. The zero-order chi connectivity index (χ0) is 23.8. The average Bonchev–Trinajstić information content (AvgIpc) is 2.83. The molecule has 1 heterocycles. The summed E-state index contributed by atoms with van der Waals surface area (Å²) in [5.41, 5.74) is 2.82. The number of allylic oxidation sites excluding steroid dienone is 2. The molecule has 7 nitrogen and oxygen atoms in total. The lowest BCUT2D eigenvalue weighted by atomic mass is 9.82. The fraction of sp³-hybridized carbons (Fsp3) is 0.240. The number of nitrogens with one attached hydrogen (secondary N) is 2. The standard InChI is InChI=1S/C25H25N3O4S/c1-4-32-19-12-10-17(11-13-19)23-20(14-26)25(33-15-21(29)31-3)27-16(2)22(23)24(30)28-18-8-6-5-7-9-18/h5-13,23,27H,4,15H2,1-3H3,(H,28,30)/t23-/m0/s1. The maximum absolute atomic E-state index is 13.4. The van der Waals surface area contributed by atoms with Crippen LogP contribution in [0.1, 0.15) is 25.3 Å². The second-order valence-corrected chi connectivity index (χ2v) is 8.12. The molecule has 33 heavy (non-hydrogen) atoms. The van der Waals surface area contributed by atoms with Crippen LogP contribution in [0.3, 0.4) is 0 Å². The topological polar surface area (TPSA) is 100 Å². The number of carbonyl (C=O) groups is 2. The van der Waals surface area contributed by atoms with Gasteiger partial charge in [0.15, 0.2) is 0 Å². The number of anilines is 1. The molecule has 0 aliphatic carbocycles. The van der Waals surface area contributed by atoms with E-state index in [4.69, 9.17) is 9.47 Å². The van der Waals surface area contributed by atoms with E-state index in [-0.39, 0.29) is 11.7 Å². The summed E-state index contributed by atoms with van der Waals surface area (Å²) in [4.78, 5) is 25.1. The molecule has 2 N–H and O–H groups in total. The van der Waals surface area contributed by atoms with Gasteiger partial charge >= 0.3 is 5.97 Å².